The van der Waals surface area contributed by atoms with Gasteiger partial charge in [0.15, 0.2) is 0 Å². The van der Waals surface area contributed by atoms with Crippen LogP contribution in [0.25, 0.3) is 0 Å². The van der Waals surface area contributed by atoms with Gasteiger partial charge in [0.25, 0.3) is 11.5 Å². The highest BCUT2D eigenvalue weighted by Crippen LogP contribution is 2.22. The van der Waals surface area contributed by atoms with Crippen LogP contribution in [0.1, 0.15) is 22.8 Å². The Balaban J connectivity index is 1.29. The van der Waals surface area contributed by atoms with Crippen molar-refractivity contribution in [2.75, 3.05) is 31.5 Å². The molecule has 1 unspecified atom stereocenters. The molecular weight excluding hydrogens is 522 g/mol. The number of hydrogen-bond donors (Lipinski definition) is 2. The summed E-state index contributed by atoms with van der Waals surface area (Å²) in [6.07, 6.45) is -3.48. The summed E-state index contributed by atoms with van der Waals surface area (Å²) >= 11 is 0. The Morgan fingerprint density at radius 1 is 1.08 bits per heavy atom. The number of pyridine rings is 2. The van der Waals surface area contributed by atoms with E-state index in [4.69, 9.17) is 4.74 Å². The number of aromatic nitrogens is 2. The second-order valence-electron chi connectivity index (χ2n) is 8.96. The van der Waals surface area contributed by atoms with E-state index in [2.05, 4.69) is 15.3 Å². The number of anilines is 1. The summed E-state index contributed by atoms with van der Waals surface area (Å²) in [5.41, 5.74) is -1.45. The largest absolute Gasteiger partial charge is 0.456 e. The molecule has 3 aromatic rings. The van der Waals surface area contributed by atoms with Crippen molar-refractivity contribution in [1.29, 1.82) is 0 Å². The van der Waals surface area contributed by atoms with Crippen molar-refractivity contribution in [1.82, 2.24) is 19.8 Å². The molecule has 0 saturated carbocycles. The highest BCUT2D eigenvalue weighted by molar-refractivity contribution is 5.95. The molecular formula is C26H25F4N5O4. The predicted molar refractivity (Wildman–Crippen MR) is 133 cm³/mol. The van der Waals surface area contributed by atoms with Crippen LogP contribution in [0.4, 0.5) is 23.4 Å². The first kappa shape index (κ1) is 27.8. The van der Waals surface area contributed by atoms with Crippen LogP contribution < -0.4 is 15.6 Å². The molecule has 3 heterocycles. The number of nitrogens with zero attached hydrogens (tertiary/aromatic N) is 3. The molecule has 1 fully saturated rings. The molecule has 206 valence electrons. The number of H-pyrrole nitrogens is 1. The van der Waals surface area contributed by atoms with E-state index in [0.717, 1.165) is 12.3 Å². The Morgan fingerprint density at radius 2 is 1.74 bits per heavy atom. The molecule has 0 radical (unpaired) electrons. The Hall–Kier alpha value is -4.26. The van der Waals surface area contributed by atoms with E-state index in [1.807, 2.05) is 4.90 Å². The molecule has 1 aliphatic rings. The lowest BCUT2D eigenvalue weighted by molar-refractivity contribution is -0.127. The molecule has 1 atom stereocenters. The van der Waals surface area contributed by atoms with Gasteiger partial charge in [0.1, 0.15) is 23.1 Å². The van der Waals surface area contributed by atoms with Crippen LogP contribution in [0.5, 0.6) is 11.5 Å². The molecule has 13 heteroatoms. The summed E-state index contributed by atoms with van der Waals surface area (Å²) in [5.74, 6) is -0.0526. The number of carbonyl (C=O) groups is 2. The Kier molecular flexibility index (Phi) is 8.29. The van der Waals surface area contributed by atoms with Crippen molar-refractivity contribution in [2.45, 2.75) is 25.6 Å². The maximum Gasteiger partial charge on any atom is 0.393 e. The highest BCUT2D eigenvalue weighted by atomic mass is 19.4. The zero-order valence-corrected chi connectivity index (χ0v) is 20.8. The second-order valence-corrected chi connectivity index (χ2v) is 8.96. The molecule has 2 N–H and O–H groups in total. The Labute approximate surface area is 220 Å². The zero-order valence-electron chi connectivity index (χ0n) is 20.8. The molecule has 39 heavy (non-hydrogen) atoms. The van der Waals surface area contributed by atoms with Gasteiger partial charge in [0, 0.05) is 37.9 Å². The number of aromatic amines is 1. The van der Waals surface area contributed by atoms with Crippen molar-refractivity contribution < 1.29 is 31.9 Å². The number of carbonyl (C=O) groups excluding carboxylic acids is 2. The van der Waals surface area contributed by atoms with E-state index >= 15 is 0 Å². The van der Waals surface area contributed by atoms with E-state index in [1.165, 1.54) is 35.4 Å². The second kappa shape index (κ2) is 11.6. The van der Waals surface area contributed by atoms with Gasteiger partial charge >= 0.3 is 6.18 Å². The first-order chi connectivity index (χ1) is 18.5. The van der Waals surface area contributed by atoms with Gasteiger partial charge in [-0.25, -0.2) is 9.37 Å². The summed E-state index contributed by atoms with van der Waals surface area (Å²) < 4.78 is 56.8. The minimum absolute atomic E-state index is 0.0361. The number of amides is 2. The fraction of sp³-hybridized carbons (Fsp3) is 0.308. The van der Waals surface area contributed by atoms with Gasteiger partial charge in [-0.05, 0) is 49.4 Å². The van der Waals surface area contributed by atoms with Gasteiger partial charge in [-0.2, -0.15) is 13.2 Å². The fourth-order valence-corrected chi connectivity index (χ4v) is 4.05. The predicted octanol–water partition coefficient (Wildman–Crippen LogP) is 3.59. The summed E-state index contributed by atoms with van der Waals surface area (Å²) in [4.78, 5) is 47.0. The summed E-state index contributed by atoms with van der Waals surface area (Å²) in [6, 6.07) is 9.09. The van der Waals surface area contributed by atoms with E-state index < -0.39 is 35.7 Å². The molecule has 1 aromatic carbocycles. The highest BCUT2D eigenvalue weighted by Gasteiger charge is 2.31. The van der Waals surface area contributed by atoms with Crippen LogP contribution in [0, 0.1) is 5.82 Å². The molecule has 4 rings (SSSR count). The number of halogens is 4. The van der Waals surface area contributed by atoms with Crippen LogP contribution in [-0.4, -0.2) is 70.0 Å². The summed E-state index contributed by atoms with van der Waals surface area (Å²) in [6.45, 7) is 2.92. The van der Waals surface area contributed by atoms with Gasteiger partial charge in [-0.3, -0.25) is 19.3 Å². The molecule has 0 aliphatic carbocycles. The summed E-state index contributed by atoms with van der Waals surface area (Å²) in [7, 11) is 0. The minimum Gasteiger partial charge on any atom is -0.456 e. The van der Waals surface area contributed by atoms with E-state index in [0.29, 0.717) is 30.4 Å². The number of benzene rings is 1. The lowest BCUT2D eigenvalue weighted by Crippen LogP contribution is -2.54. The molecule has 2 amide bonds. The van der Waals surface area contributed by atoms with E-state index in [9.17, 15) is 31.9 Å². The van der Waals surface area contributed by atoms with Gasteiger partial charge in [0.05, 0.1) is 24.2 Å². The quantitative estimate of drug-likeness (QED) is 0.438. The number of nitrogens with one attached hydrogen (secondary N) is 2. The standard InChI is InChI=1S/C26H25F4N5O4/c1-16(23(36)33-22-7-6-21(15-31-22)39-20-4-2-19(27)3-5-20)34-8-10-35(11-9-34)25(38)18-12-17(13-26(28,29)30)24(37)32-14-18/h2-7,12,14-16H,8-11,13H2,1H3,(H,32,37)(H,31,33,36). The fourth-order valence-electron chi connectivity index (χ4n) is 4.05. The van der Waals surface area contributed by atoms with Crippen LogP contribution in [0.2, 0.25) is 0 Å². The maximum absolute atomic E-state index is 13.0. The monoisotopic (exact) mass is 547 g/mol. The number of alkyl halides is 3. The van der Waals surface area contributed by atoms with Gasteiger partial charge in [0.2, 0.25) is 5.91 Å². The molecule has 9 nitrogen and oxygen atoms in total. The van der Waals surface area contributed by atoms with Crippen molar-refractivity contribution in [2.24, 2.45) is 0 Å². The SMILES string of the molecule is CC(C(=O)Nc1ccc(Oc2ccc(F)cc2)cn1)N1CCN(C(=O)c2c[nH]c(=O)c(CC(F)(F)F)c2)CC1. The average molecular weight is 548 g/mol. The third kappa shape index (κ3) is 7.41. The van der Waals surface area contributed by atoms with Gasteiger partial charge in [-0.15, -0.1) is 0 Å². The van der Waals surface area contributed by atoms with Crippen LogP contribution in [0.15, 0.2) is 59.7 Å². The third-order valence-corrected chi connectivity index (χ3v) is 6.18. The number of ether oxygens (including phenoxy) is 1. The van der Waals surface area contributed by atoms with E-state index in [-0.39, 0.29) is 30.4 Å². The van der Waals surface area contributed by atoms with Crippen molar-refractivity contribution >= 4 is 17.6 Å². The topological polar surface area (TPSA) is 108 Å². The van der Waals surface area contributed by atoms with Gasteiger partial charge < -0.3 is 19.9 Å². The Bertz CT molecular complexity index is 1370. The molecule has 2 aromatic heterocycles. The lowest BCUT2D eigenvalue weighted by Gasteiger charge is -2.37. The van der Waals surface area contributed by atoms with E-state index in [1.54, 1.807) is 19.1 Å². The molecule has 1 aliphatic heterocycles. The molecule has 0 spiro atoms. The number of rotatable bonds is 7. The van der Waals surface area contributed by atoms with Gasteiger partial charge in [-0.1, -0.05) is 0 Å². The summed E-state index contributed by atoms with van der Waals surface area (Å²) in [5, 5.41) is 2.72. The smallest absolute Gasteiger partial charge is 0.393 e. The lowest BCUT2D eigenvalue weighted by atomic mass is 10.1. The minimum atomic E-state index is -4.58. The molecule has 0 bridgehead atoms. The number of hydrogen-bond acceptors (Lipinski definition) is 6. The van der Waals surface area contributed by atoms with Crippen LogP contribution >= 0.6 is 0 Å². The normalized spacial score (nSPS) is 15.1. The van der Waals surface area contributed by atoms with Crippen LogP contribution in [0.3, 0.4) is 0 Å². The first-order valence-corrected chi connectivity index (χ1v) is 12.0. The number of piperazine rings is 1. The van der Waals surface area contributed by atoms with Crippen molar-refractivity contribution in [3.63, 3.8) is 0 Å². The first-order valence-electron chi connectivity index (χ1n) is 12.0. The van der Waals surface area contributed by atoms with Crippen LogP contribution in [-0.2, 0) is 11.2 Å². The van der Waals surface area contributed by atoms with Crippen molar-refractivity contribution in [3.05, 3.63) is 82.2 Å². The third-order valence-electron chi connectivity index (χ3n) is 6.18. The maximum atomic E-state index is 13.0. The Morgan fingerprint density at radius 3 is 2.36 bits per heavy atom. The zero-order chi connectivity index (χ0) is 28.2. The molecule has 1 saturated heterocycles. The average Bonchev–Trinajstić information content (AvgIpc) is 2.91. The van der Waals surface area contributed by atoms with Crippen molar-refractivity contribution in [3.8, 4) is 11.5 Å².